The molecule has 0 atom stereocenters. The molecule has 98 valence electrons. The highest BCUT2D eigenvalue weighted by Gasteiger charge is 2.10. The van der Waals surface area contributed by atoms with Crippen LogP contribution in [0.1, 0.15) is 28.5 Å². The zero-order valence-electron chi connectivity index (χ0n) is 10.6. The summed E-state index contributed by atoms with van der Waals surface area (Å²) in [6.45, 7) is 2.46. The number of aromatic carboxylic acids is 1. The maximum absolute atomic E-state index is 11.0. The summed E-state index contributed by atoms with van der Waals surface area (Å²) in [6.07, 6.45) is 3.66. The van der Waals surface area contributed by atoms with E-state index in [0.717, 1.165) is 12.1 Å². The Labute approximate surface area is 111 Å². The van der Waals surface area contributed by atoms with Gasteiger partial charge in [0.05, 0.1) is 12.2 Å². The molecule has 0 spiro atoms. The van der Waals surface area contributed by atoms with Crippen LogP contribution in [0.2, 0.25) is 0 Å². The van der Waals surface area contributed by atoms with Crippen LogP contribution < -0.4 is 5.32 Å². The predicted molar refractivity (Wildman–Crippen MR) is 72.1 cm³/mol. The van der Waals surface area contributed by atoms with Crippen LogP contribution in [0.25, 0.3) is 0 Å². The number of anilines is 1. The third-order valence-electron chi connectivity index (χ3n) is 2.85. The van der Waals surface area contributed by atoms with Crippen LogP contribution in [0.5, 0.6) is 0 Å². The molecule has 0 aliphatic heterocycles. The molecule has 0 saturated carbocycles. The Morgan fingerprint density at radius 1 is 1.32 bits per heavy atom. The molecule has 1 aromatic heterocycles. The van der Waals surface area contributed by atoms with Crippen molar-refractivity contribution in [2.75, 3.05) is 5.32 Å². The number of nitrogens with one attached hydrogen (secondary N) is 1. The van der Waals surface area contributed by atoms with Crippen molar-refractivity contribution in [2.45, 2.75) is 19.9 Å². The molecule has 0 fully saturated rings. The van der Waals surface area contributed by atoms with Crippen LogP contribution in [0.15, 0.2) is 36.8 Å². The average Bonchev–Trinajstić information content (AvgIpc) is 2.46. The van der Waals surface area contributed by atoms with Crippen molar-refractivity contribution in [2.24, 2.45) is 0 Å². The van der Waals surface area contributed by atoms with Crippen molar-refractivity contribution in [1.82, 2.24) is 9.97 Å². The third kappa shape index (κ3) is 3.28. The zero-order valence-corrected chi connectivity index (χ0v) is 10.6. The van der Waals surface area contributed by atoms with Gasteiger partial charge in [-0.3, -0.25) is 0 Å². The zero-order chi connectivity index (χ0) is 13.7. The summed E-state index contributed by atoms with van der Waals surface area (Å²) in [5.41, 5.74) is 2.80. The maximum Gasteiger partial charge on any atom is 0.339 e. The van der Waals surface area contributed by atoms with Gasteiger partial charge < -0.3 is 10.4 Å². The molecule has 1 heterocycles. The number of hydrogen-bond acceptors (Lipinski definition) is 4. The highest BCUT2D eigenvalue weighted by molar-refractivity contribution is 5.88. The summed E-state index contributed by atoms with van der Waals surface area (Å²) in [4.78, 5) is 18.7. The first-order chi connectivity index (χ1) is 9.20. The number of aryl methyl sites for hydroxylation is 1. The minimum atomic E-state index is -1.02. The number of aromatic nitrogens is 2. The van der Waals surface area contributed by atoms with Gasteiger partial charge in [0.15, 0.2) is 0 Å². The Kier molecular flexibility index (Phi) is 4.07. The number of carboxylic acids is 1. The van der Waals surface area contributed by atoms with Gasteiger partial charge in [-0.25, -0.2) is 14.8 Å². The summed E-state index contributed by atoms with van der Waals surface area (Å²) in [5.74, 6) is -1.02. The van der Waals surface area contributed by atoms with E-state index in [2.05, 4.69) is 22.2 Å². The van der Waals surface area contributed by atoms with Crippen LogP contribution in [-0.2, 0) is 13.0 Å². The number of carbonyl (C=O) groups is 1. The fourth-order valence-corrected chi connectivity index (χ4v) is 1.72. The summed E-state index contributed by atoms with van der Waals surface area (Å²) in [6, 6.07) is 8.03. The fraction of sp³-hybridized carbons (Fsp3) is 0.214. The second-order valence-corrected chi connectivity index (χ2v) is 4.09. The summed E-state index contributed by atoms with van der Waals surface area (Å²) in [5, 5.41) is 12.2. The molecule has 0 unspecified atom stereocenters. The number of nitrogens with zero attached hydrogens (tertiary/aromatic N) is 2. The van der Waals surface area contributed by atoms with E-state index < -0.39 is 5.97 Å². The second kappa shape index (κ2) is 5.95. The highest BCUT2D eigenvalue weighted by atomic mass is 16.4. The first-order valence-electron chi connectivity index (χ1n) is 6.05. The van der Waals surface area contributed by atoms with Crippen molar-refractivity contribution in [1.29, 1.82) is 0 Å². The Morgan fingerprint density at radius 3 is 2.68 bits per heavy atom. The van der Waals surface area contributed by atoms with Crippen molar-refractivity contribution in [3.05, 3.63) is 53.6 Å². The number of hydrogen-bond donors (Lipinski definition) is 2. The Hall–Kier alpha value is -2.43. The lowest BCUT2D eigenvalue weighted by Gasteiger charge is -2.08. The lowest BCUT2D eigenvalue weighted by Crippen LogP contribution is -2.10. The quantitative estimate of drug-likeness (QED) is 0.860. The van der Waals surface area contributed by atoms with Gasteiger partial charge in [0.25, 0.3) is 0 Å². The molecule has 0 aliphatic carbocycles. The van der Waals surface area contributed by atoms with Crippen molar-refractivity contribution < 1.29 is 9.90 Å². The fourth-order valence-electron chi connectivity index (χ4n) is 1.72. The summed E-state index contributed by atoms with van der Waals surface area (Å²) < 4.78 is 0. The van der Waals surface area contributed by atoms with Gasteiger partial charge in [0.1, 0.15) is 11.9 Å². The van der Waals surface area contributed by atoms with E-state index in [4.69, 9.17) is 5.11 Å². The van der Waals surface area contributed by atoms with Crippen molar-refractivity contribution in [3.63, 3.8) is 0 Å². The summed E-state index contributed by atoms with van der Waals surface area (Å²) in [7, 11) is 0. The molecule has 0 saturated heterocycles. The normalized spacial score (nSPS) is 10.2. The molecule has 2 rings (SSSR count). The standard InChI is InChI=1S/C14H15N3O2/c1-2-10-3-5-11(6-4-10)16-8-13-12(14(18)19)7-15-9-17-13/h3-7,9,16H,2,8H2,1H3,(H,18,19). The van der Waals surface area contributed by atoms with Crippen LogP contribution in [-0.4, -0.2) is 21.0 Å². The smallest absolute Gasteiger partial charge is 0.339 e. The number of benzene rings is 1. The lowest BCUT2D eigenvalue weighted by atomic mass is 10.1. The SMILES string of the molecule is CCc1ccc(NCc2ncncc2C(=O)O)cc1. The molecular formula is C14H15N3O2. The van der Waals surface area contributed by atoms with Gasteiger partial charge in [-0.15, -0.1) is 0 Å². The first-order valence-corrected chi connectivity index (χ1v) is 6.05. The Bertz CT molecular complexity index is 567. The van der Waals surface area contributed by atoms with Crippen LogP contribution in [0.3, 0.4) is 0 Å². The molecule has 2 N–H and O–H groups in total. The highest BCUT2D eigenvalue weighted by Crippen LogP contribution is 2.12. The molecule has 5 heteroatoms. The van der Waals surface area contributed by atoms with Gasteiger partial charge >= 0.3 is 5.97 Å². The maximum atomic E-state index is 11.0. The monoisotopic (exact) mass is 257 g/mol. The van der Waals surface area contributed by atoms with Crippen LogP contribution >= 0.6 is 0 Å². The van der Waals surface area contributed by atoms with Crippen molar-refractivity contribution >= 4 is 11.7 Å². The second-order valence-electron chi connectivity index (χ2n) is 4.09. The molecular weight excluding hydrogens is 242 g/mol. The minimum Gasteiger partial charge on any atom is -0.478 e. The molecule has 0 radical (unpaired) electrons. The topological polar surface area (TPSA) is 75.1 Å². The van der Waals surface area contributed by atoms with E-state index in [0.29, 0.717) is 12.2 Å². The third-order valence-corrected chi connectivity index (χ3v) is 2.85. The lowest BCUT2D eigenvalue weighted by molar-refractivity contribution is 0.0694. The molecule has 19 heavy (non-hydrogen) atoms. The van der Waals surface area contributed by atoms with Gasteiger partial charge in [-0.05, 0) is 24.1 Å². The molecule has 0 aliphatic rings. The minimum absolute atomic E-state index is 0.125. The van der Waals surface area contributed by atoms with E-state index in [1.165, 1.54) is 18.1 Å². The van der Waals surface area contributed by atoms with E-state index in [-0.39, 0.29) is 5.56 Å². The first kappa shape index (κ1) is 13.0. The van der Waals surface area contributed by atoms with E-state index in [9.17, 15) is 4.79 Å². The van der Waals surface area contributed by atoms with Gasteiger partial charge in [0.2, 0.25) is 0 Å². The van der Waals surface area contributed by atoms with Gasteiger partial charge in [0, 0.05) is 11.9 Å². The number of carboxylic acid groups (broad SMARTS) is 1. The van der Waals surface area contributed by atoms with Gasteiger partial charge in [-0.2, -0.15) is 0 Å². The largest absolute Gasteiger partial charge is 0.478 e. The van der Waals surface area contributed by atoms with E-state index in [1.807, 2.05) is 24.3 Å². The molecule has 1 aromatic carbocycles. The summed E-state index contributed by atoms with van der Waals surface area (Å²) >= 11 is 0. The Morgan fingerprint density at radius 2 is 2.05 bits per heavy atom. The average molecular weight is 257 g/mol. The molecule has 5 nitrogen and oxygen atoms in total. The van der Waals surface area contributed by atoms with Gasteiger partial charge in [-0.1, -0.05) is 19.1 Å². The van der Waals surface area contributed by atoms with Crippen LogP contribution in [0, 0.1) is 0 Å². The van der Waals surface area contributed by atoms with Crippen molar-refractivity contribution in [3.8, 4) is 0 Å². The predicted octanol–water partition coefficient (Wildman–Crippen LogP) is 2.35. The molecule has 0 bridgehead atoms. The number of rotatable bonds is 5. The van der Waals surface area contributed by atoms with E-state index >= 15 is 0 Å². The molecule has 2 aromatic rings. The Balaban J connectivity index is 2.07. The van der Waals surface area contributed by atoms with E-state index in [1.54, 1.807) is 0 Å². The van der Waals surface area contributed by atoms with Crippen LogP contribution in [0.4, 0.5) is 5.69 Å². The molecule has 0 amide bonds.